The summed E-state index contributed by atoms with van der Waals surface area (Å²) in [7, 11) is 0. The van der Waals surface area contributed by atoms with Crippen molar-refractivity contribution >= 4 is 23.4 Å². The molecule has 1 aliphatic heterocycles. The van der Waals surface area contributed by atoms with Gasteiger partial charge < -0.3 is 26.4 Å². The van der Waals surface area contributed by atoms with E-state index in [-0.39, 0.29) is 0 Å². The Hall–Kier alpha value is -2.96. The lowest BCUT2D eigenvalue weighted by molar-refractivity contribution is 0.357. The van der Waals surface area contributed by atoms with E-state index in [0.29, 0.717) is 11.8 Å². The number of unbranched alkanes of at least 4 members (excludes halogenated alkanes) is 1. The number of nitrogens with two attached hydrogens (primary N) is 2. The molecule has 2 atom stereocenters. The number of halogens is 1. The number of aromatic nitrogens is 1. The Morgan fingerprint density at radius 3 is 2.73 bits per heavy atom. The molecular formula is C30H42ClN5O. The summed E-state index contributed by atoms with van der Waals surface area (Å²) in [6.45, 7) is 15.8. The van der Waals surface area contributed by atoms with Gasteiger partial charge in [-0.3, -0.25) is 0 Å². The molecule has 0 radical (unpaired) electrons. The number of nitrogens with one attached hydrogen (secondary N) is 2. The van der Waals surface area contributed by atoms with Gasteiger partial charge in [-0.2, -0.15) is 0 Å². The molecule has 7 heteroatoms. The Balaban J connectivity index is 0.00000121. The van der Waals surface area contributed by atoms with Crippen molar-refractivity contribution in [2.45, 2.75) is 71.8 Å². The van der Waals surface area contributed by atoms with Crippen molar-refractivity contribution in [1.82, 2.24) is 10.3 Å². The van der Waals surface area contributed by atoms with E-state index >= 15 is 0 Å². The highest BCUT2D eigenvalue weighted by molar-refractivity contribution is 6.08. The normalized spacial score (nSPS) is 17.0. The van der Waals surface area contributed by atoms with Crippen LogP contribution in [0.3, 0.4) is 0 Å². The minimum atomic E-state index is 0.558. The Kier molecular flexibility index (Phi) is 10.5. The molecule has 6 N–H and O–H groups in total. The first-order valence-corrected chi connectivity index (χ1v) is 13.6. The topological polar surface area (TPSA) is 98.2 Å². The van der Waals surface area contributed by atoms with Crippen molar-refractivity contribution in [1.29, 1.82) is 0 Å². The predicted molar refractivity (Wildman–Crippen MR) is 157 cm³/mol. The third-order valence-corrected chi connectivity index (χ3v) is 7.55. The van der Waals surface area contributed by atoms with Gasteiger partial charge in [0.05, 0.1) is 0 Å². The van der Waals surface area contributed by atoms with Crippen LogP contribution in [-0.2, 0) is 10.8 Å². The Bertz CT molecular complexity index is 1140. The van der Waals surface area contributed by atoms with Gasteiger partial charge in [-0.15, -0.1) is 0 Å². The highest BCUT2D eigenvalue weighted by Crippen LogP contribution is 2.42. The molecule has 0 bridgehead atoms. The second-order valence-corrected chi connectivity index (χ2v) is 10.1. The molecule has 0 fully saturated rings. The number of nitrogens with zero attached hydrogens (tertiary/aromatic N) is 1. The number of hydrogen-bond donors (Lipinski definition) is 4. The number of allylic oxidation sites excluding steroid dienone is 2. The SMILES string of the molecule is C=C(Nc1cc(-c2cc3c(cc2N)C(C(CC)CCCC)CCNC3)c(C)cn1)C1=C(OCl)C1.C=CN. The molecule has 0 amide bonds. The summed E-state index contributed by atoms with van der Waals surface area (Å²) in [4.78, 5) is 4.55. The number of benzene rings is 1. The number of aryl methyl sites for hydroxylation is 1. The van der Waals surface area contributed by atoms with Crippen LogP contribution in [0, 0.1) is 12.8 Å². The summed E-state index contributed by atoms with van der Waals surface area (Å²) >= 11 is 5.46. The first-order valence-electron chi connectivity index (χ1n) is 13.3. The molecule has 4 rings (SSSR count). The Morgan fingerprint density at radius 2 is 2.08 bits per heavy atom. The van der Waals surface area contributed by atoms with Crippen LogP contribution in [0.1, 0.15) is 75.0 Å². The van der Waals surface area contributed by atoms with Crippen molar-refractivity contribution in [2.24, 2.45) is 11.7 Å². The first kappa shape index (κ1) is 28.6. The zero-order valence-electron chi connectivity index (χ0n) is 22.5. The minimum Gasteiger partial charge on any atom is -0.405 e. The summed E-state index contributed by atoms with van der Waals surface area (Å²) in [5.74, 6) is 2.75. The zero-order chi connectivity index (χ0) is 26.9. The Morgan fingerprint density at radius 1 is 1.32 bits per heavy atom. The highest BCUT2D eigenvalue weighted by atomic mass is 35.5. The molecule has 2 aromatic rings. The Labute approximate surface area is 227 Å². The molecule has 0 spiro atoms. The molecule has 2 aliphatic rings. The smallest absolute Gasteiger partial charge is 0.134 e. The number of fused-ring (bicyclic) bond motifs is 1. The molecule has 0 saturated heterocycles. The van der Waals surface area contributed by atoms with Crippen LogP contribution >= 0.6 is 11.9 Å². The fourth-order valence-corrected chi connectivity index (χ4v) is 5.42. The molecule has 1 aromatic heterocycles. The molecule has 1 aliphatic carbocycles. The number of anilines is 2. The summed E-state index contributed by atoms with van der Waals surface area (Å²) in [5, 5.41) is 6.93. The summed E-state index contributed by atoms with van der Waals surface area (Å²) in [5.41, 5.74) is 20.0. The second-order valence-electron chi connectivity index (χ2n) is 9.90. The molecule has 200 valence electrons. The van der Waals surface area contributed by atoms with Crippen molar-refractivity contribution in [3.05, 3.63) is 77.5 Å². The van der Waals surface area contributed by atoms with Crippen LogP contribution in [-0.4, -0.2) is 11.5 Å². The minimum absolute atomic E-state index is 0.558. The molecule has 2 unspecified atom stereocenters. The molecular weight excluding hydrogens is 482 g/mol. The van der Waals surface area contributed by atoms with Gasteiger partial charge in [0.2, 0.25) is 0 Å². The van der Waals surface area contributed by atoms with E-state index in [1.807, 2.05) is 6.20 Å². The largest absolute Gasteiger partial charge is 0.405 e. The fourth-order valence-electron chi connectivity index (χ4n) is 5.27. The summed E-state index contributed by atoms with van der Waals surface area (Å²) < 4.78 is 4.79. The lowest BCUT2D eigenvalue weighted by Gasteiger charge is -2.28. The maximum Gasteiger partial charge on any atom is 0.134 e. The summed E-state index contributed by atoms with van der Waals surface area (Å²) in [6.07, 6.45) is 10.1. The van der Waals surface area contributed by atoms with Crippen LogP contribution in [0.25, 0.3) is 11.1 Å². The average molecular weight is 524 g/mol. The van der Waals surface area contributed by atoms with E-state index in [1.54, 1.807) is 0 Å². The van der Waals surface area contributed by atoms with Gasteiger partial charge in [-0.25, -0.2) is 4.98 Å². The zero-order valence-corrected chi connectivity index (χ0v) is 23.3. The third-order valence-electron chi connectivity index (χ3n) is 7.36. The van der Waals surface area contributed by atoms with Gasteiger partial charge in [0.25, 0.3) is 0 Å². The van der Waals surface area contributed by atoms with E-state index < -0.39 is 0 Å². The van der Waals surface area contributed by atoms with Gasteiger partial charge in [-0.05, 0) is 84.8 Å². The van der Waals surface area contributed by atoms with Crippen LogP contribution in [0.2, 0.25) is 0 Å². The quantitative estimate of drug-likeness (QED) is 0.244. The molecule has 6 nitrogen and oxygen atoms in total. The van der Waals surface area contributed by atoms with E-state index in [2.05, 4.69) is 73.5 Å². The van der Waals surface area contributed by atoms with Crippen molar-refractivity contribution in [2.75, 3.05) is 17.6 Å². The molecule has 0 saturated carbocycles. The number of hydrogen-bond acceptors (Lipinski definition) is 6. The molecule has 37 heavy (non-hydrogen) atoms. The van der Waals surface area contributed by atoms with Gasteiger partial charge in [0.1, 0.15) is 23.4 Å². The lowest BCUT2D eigenvalue weighted by atomic mass is 9.77. The lowest BCUT2D eigenvalue weighted by Crippen LogP contribution is -2.16. The van der Waals surface area contributed by atoms with E-state index in [9.17, 15) is 0 Å². The monoisotopic (exact) mass is 523 g/mol. The van der Waals surface area contributed by atoms with Crippen LogP contribution in [0.15, 0.2) is 60.8 Å². The molecule has 2 heterocycles. The number of nitrogen functional groups attached to an aromatic ring is 1. The highest BCUT2D eigenvalue weighted by Gasteiger charge is 2.28. The predicted octanol–water partition coefficient (Wildman–Crippen LogP) is 7.27. The third kappa shape index (κ3) is 7.08. The standard InChI is InChI=1S/C28H37ClN4O.C2H5N/c1-5-7-8-19(6-2)21-9-10-31-16-20-11-25(26(30)12-24(20)21)22-14-28(32-15-17(22)3)33-18(4)23-13-27(23)34-29;1-2-3/h11-12,14-15,19,21,31H,4-10,13,16,30H2,1-3H3,(H,32,33);2H,1,3H2. The maximum atomic E-state index is 6.73. The second kappa shape index (κ2) is 13.5. The number of rotatable bonds is 10. The van der Waals surface area contributed by atoms with Gasteiger partial charge in [0.15, 0.2) is 0 Å². The maximum absolute atomic E-state index is 6.73. The van der Waals surface area contributed by atoms with Crippen LogP contribution < -0.4 is 22.1 Å². The molecule has 1 aromatic carbocycles. The number of pyridine rings is 1. The van der Waals surface area contributed by atoms with Gasteiger partial charge in [0, 0.05) is 41.7 Å². The first-order chi connectivity index (χ1) is 17.9. The summed E-state index contributed by atoms with van der Waals surface area (Å²) in [6, 6.07) is 6.61. The van der Waals surface area contributed by atoms with E-state index in [0.717, 1.165) is 64.7 Å². The average Bonchev–Trinajstić information content (AvgIpc) is 3.70. The van der Waals surface area contributed by atoms with Gasteiger partial charge >= 0.3 is 0 Å². The fraction of sp³-hybridized carbons (Fsp3) is 0.433. The van der Waals surface area contributed by atoms with Crippen molar-refractivity contribution < 1.29 is 4.29 Å². The van der Waals surface area contributed by atoms with Crippen molar-refractivity contribution in [3.8, 4) is 11.1 Å². The van der Waals surface area contributed by atoms with E-state index in [1.165, 1.54) is 49.4 Å². The van der Waals surface area contributed by atoms with E-state index in [4.69, 9.17) is 21.9 Å². The van der Waals surface area contributed by atoms with Crippen LogP contribution in [0.4, 0.5) is 11.5 Å². The van der Waals surface area contributed by atoms with Crippen molar-refractivity contribution in [3.63, 3.8) is 0 Å². The van der Waals surface area contributed by atoms with Crippen LogP contribution in [0.5, 0.6) is 0 Å². The van der Waals surface area contributed by atoms with Gasteiger partial charge in [-0.1, -0.05) is 46.3 Å².